The summed E-state index contributed by atoms with van der Waals surface area (Å²) in [4.78, 5) is 0. The molecule has 80 valence electrons. The average molecular weight is 233 g/mol. The molecule has 2 aromatic rings. The first kappa shape index (κ1) is 10.5. The number of anilines is 1. The standard InChI is InChI=1S/C11H9ClN4/c1-6-4-7(12)2-3-8(6)10-9(5-13)11(14)16-15-10/h2-4H,1H3,(H3,14,15,16). The Morgan fingerprint density at radius 1 is 1.50 bits per heavy atom. The number of nitrogens with zero attached hydrogens (tertiary/aromatic N) is 2. The lowest BCUT2D eigenvalue weighted by atomic mass is 10.0. The molecule has 2 rings (SSSR count). The molecule has 5 heteroatoms. The summed E-state index contributed by atoms with van der Waals surface area (Å²) in [5.41, 5.74) is 8.34. The van der Waals surface area contributed by atoms with Crippen LogP contribution >= 0.6 is 11.6 Å². The second-order valence-corrected chi connectivity index (χ2v) is 3.87. The van der Waals surface area contributed by atoms with Crippen LogP contribution in [0.15, 0.2) is 18.2 Å². The van der Waals surface area contributed by atoms with E-state index in [1.54, 1.807) is 6.07 Å². The van der Waals surface area contributed by atoms with E-state index in [0.29, 0.717) is 16.3 Å². The summed E-state index contributed by atoms with van der Waals surface area (Å²) < 4.78 is 0. The van der Waals surface area contributed by atoms with Crippen molar-refractivity contribution in [1.29, 1.82) is 5.26 Å². The minimum Gasteiger partial charge on any atom is -0.383 e. The molecule has 0 saturated carbocycles. The van der Waals surface area contributed by atoms with Gasteiger partial charge in [-0.15, -0.1) is 0 Å². The van der Waals surface area contributed by atoms with Gasteiger partial charge in [0.1, 0.15) is 23.1 Å². The highest BCUT2D eigenvalue weighted by Gasteiger charge is 2.14. The van der Waals surface area contributed by atoms with E-state index in [1.165, 1.54) is 0 Å². The number of aromatic nitrogens is 2. The molecular formula is C11H9ClN4. The minimum atomic E-state index is 0.284. The summed E-state index contributed by atoms with van der Waals surface area (Å²) in [6.07, 6.45) is 0. The van der Waals surface area contributed by atoms with Crippen LogP contribution in [0.2, 0.25) is 5.02 Å². The van der Waals surface area contributed by atoms with Crippen LogP contribution < -0.4 is 5.73 Å². The predicted molar refractivity (Wildman–Crippen MR) is 62.9 cm³/mol. The molecule has 0 aliphatic carbocycles. The smallest absolute Gasteiger partial charge is 0.137 e. The van der Waals surface area contributed by atoms with Gasteiger partial charge in [-0.3, -0.25) is 5.10 Å². The van der Waals surface area contributed by atoms with Crippen molar-refractivity contribution in [2.75, 3.05) is 5.73 Å². The number of nitrogen functional groups attached to an aromatic ring is 1. The molecule has 0 aliphatic heterocycles. The maximum atomic E-state index is 8.98. The number of hydrogen-bond donors (Lipinski definition) is 2. The van der Waals surface area contributed by atoms with Crippen LogP contribution in [0.25, 0.3) is 11.3 Å². The van der Waals surface area contributed by atoms with Crippen LogP contribution in [0.4, 0.5) is 5.82 Å². The first-order chi connectivity index (χ1) is 7.63. The summed E-state index contributed by atoms with van der Waals surface area (Å²) >= 11 is 5.87. The SMILES string of the molecule is Cc1cc(Cl)ccc1-c1n[nH]c(N)c1C#N. The number of halogens is 1. The van der Waals surface area contributed by atoms with Gasteiger partial charge in [0.2, 0.25) is 0 Å². The van der Waals surface area contributed by atoms with Gasteiger partial charge < -0.3 is 5.73 Å². The summed E-state index contributed by atoms with van der Waals surface area (Å²) in [6, 6.07) is 7.44. The van der Waals surface area contributed by atoms with Gasteiger partial charge in [0.05, 0.1) is 0 Å². The molecule has 0 amide bonds. The first-order valence-electron chi connectivity index (χ1n) is 4.64. The lowest BCUT2D eigenvalue weighted by Crippen LogP contribution is -1.89. The molecule has 1 aromatic carbocycles. The highest BCUT2D eigenvalue weighted by molar-refractivity contribution is 6.30. The van der Waals surface area contributed by atoms with E-state index < -0.39 is 0 Å². The van der Waals surface area contributed by atoms with Gasteiger partial charge in [-0.2, -0.15) is 10.4 Å². The fourth-order valence-electron chi connectivity index (χ4n) is 1.56. The van der Waals surface area contributed by atoms with Gasteiger partial charge in [-0.05, 0) is 24.6 Å². The van der Waals surface area contributed by atoms with Crippen molar-refractivity contribution in [2.24, 2.45) is 0 Å². The van der Waals surface area contributed by atoms with Crippen LogP contribution in [0.1, 0.15) is 11.1 Å². The highest BCUT2D eigenvalue weighted by Crippen LogP contribution is 2.28. The normalized spacial score (nSPS) is 10.1. The Morgan fingerprint density at radius 3 is 2.88 bits per heavy atom. The Morgan fingerprint density at radius 2 is 2.25 bits per heavy atom. The maximum Gasteiger partial charge on any atom is 0.137 e. The number of nitrogens with two attached hydrogens (primary N) is 1. The Bertz CT molecular complexity index is 580. The minimum absolute atomic E-state index is 0.284. The van der Waals surface area contributed by atoms with Gasteiger partial charge in [-0.1, -0.05) is 17.7 Å². The number of benzene rings is 1. The summed E-state index contributed by atoms with van der Waals surface area (Å²) in [5.74, 6) is 0.284. The van der Waals surface area contributed by atoms with Crippen LogP contribution in [-0.4, -0.2) is 10.2 Å². The van der Waals surface area contributed by atoms with E-state index in [9.17, 15) is 0 Å². The first-order valence-corrected chi connectivity index (χ1v) is 5.01. The monoisotopic (exact) mass is 232 g/mol. The molecule has 0 atom stereocenters. The van der Waals surface area contributed by atoms with E-state index in [1.807, 2.05) is 25.1 Å². The molecule has 3 N–H and O–H groups in total. The van der Waals surface area contributed by atoms with Crippen molar-refractivity contribution >= 4 is 17.4 Å². The molecule has 0 aliphatic rings. The average Bonchev–Trinajstić information content (AvgIpc) is 2.59. The zero-order valence-corrected chi connectivity index (χ0v) is 9.34. The Labute approximate surface area is 97.7 Å². The third-order valence-electron chi connectivity index (χ3n) is 2.35. The fraction of sp³-hybridized carbons (Fsp3) is 0.0909. The molecule has 0 unspecified atom stereocenters. The summed E-state index contributed by atoms with van der Waals surface area (Å²) in [5, 5.41) is 16.3. The lowest BCUT2D eigenvalue weighted by molar-refractivity contribution is 1.10. The van der Waals surface area contributed by atoms with E-state index in [0.717, 1.165) is 11.1 Å². The zero-order valence-electron chi connectivity index (χ0n) is 8.58. The van der Waals surface area contributed by atoms with Crippen molar-refractivity contribution in [3.63, 3.8) is 0 Å². The Balaban J connectivity index is 2.64. The number of nitrogens with one attached hydrogen (secondary N) is 1. The fourth-order valence-corrected chi connectivity index (χ4v) is 1.78. The number of rotatable bonds is 1. The second-order valence-electron chi connectivity index (χ2n) is 3.43. The molecular weight excluding hydrogens is 224 g/mol. The van der Waals surface area contributed by atoms with Crippen LogP contribution in [0, 0.1) is 18.3 Å². The van der Waals surface area contributed by atoms with Crippen molar-refractivity contribution in [1.82, 2.24) is 10.2 Å². The Kier molecular flexibility index (Phi) is 2.55. The molecule has 0 bridgehead atoms. The quantitative estimate of drug-likeness (QED) is 0.793. The lowest BCUT2D eigenvalue weighted by Gasteiger charge is -2.03. The van der Waals surface area contributed by atoms with Gasteiger partial charge in [-0.25, -0.2) is 0 Å². The largest absolute Gasteiger partial charge is 0.383 e. The maximum absolute atomic E-state index is 8.98. The van der Waals surface area contributed by atoms with Crippen molar-refractivity contribution < 1.29 is 0 Å². The van der Waals surface area contributed by atoms with Gasteiger partial charge >= 0.3 is 0 Å². The van der Waals surface area contributed by atoms with Gasteiger partial charge in [0.25, 0.3) is 0 Å². The third kappa shape index (κ3) is 1.62. The molecule has 0 radical (unpaired) electrons. The molecule has 1 aromatic heterocycles. The second kappa shape index (κ2) is 3.87. The third-order valence-corrected chi connectivity index (χ3v) is 2.58. The van der Waals surface area contributed by atoms with Crippen LogP contribution in [-0.2, 0) is 0 Å². The number of hydrogen-bond acceptors (Lipinski definition) is 3. The molecule has 0 saturated heterocycles. The molecule has 1 heterocycles. The molecule has 4 nitrogen and oxygen atoms in total. The van der Waals surface area contributed by atoms with Crippen molar-refractivity contribution in [3.05, 3.63) is 34.3 Å². The molecule has 16 heavy (non-hydrogen) atoms. The van der Waals surface area contributed by atoms with Gasteiger partial charge in [0.15, 0.2) is 0 Å². The zero-order chi connectivity index (χ0) is 11.7. The number of aryl methyl sites for hydroxylation is 1. The van der Waals surface area contributed by atoms with Crippen molar-refractivity contribution in [3.8, 4) is 17.3 Å². The van der Waals surface area contributed by atoms with E-state index in [2.05, 4.69) is 10.2 Å². The topological polar surface area (TPSA) is 78.5 Å². The molecule has 0 fully saturated rings. The number of aromatic amines is 1. The Hall–Kier alpha value is -1.99. The summed E-state index contributed by atoms with van der Waals surface area (Å²) in [7, 11) is 0. The molecule has 0 spiro atoms. The number of H-pyrrole nitrogens is 1. The van der Waals surface area contributed by atoms with E-state index >= 15 is 0 Å². The van der Waals surface area contributed by atoms with Crippen LogP contribution in [0.5, 0.6) is 0 Å². The summed E-state index contributed by atoms with van der Waals surface area (Å²) in [6.45, 7) is 1.91. The van der Waals surface area contributed by atoms with E-state index in [-0.39, 0.29) is 5.82 Å². The predicted octanol–water partition coefficient (Wildman–Crippen LogP) is 2.49. The van der Waals surface area contributed by atoms with E-state index in [4.69, 9.17) is 22.6 Å². The van der Waals surface area contributed by atoms with Gasteiger partial charge in [0, 0.05) is 10.6 Å². The van der Waals surface area contributed by atoms with Crippen LogP contribution in [0.3, 0.4) is 0 Å². The highest BCUT2D eigenvalue weighted by atomic mass is 35.5. The van der Waals surface area contributed by atoms with Crippen molar-refractivity contribution in [2.45, 2.75) is 6.92 Å². The number of nitriles is 1.